The minimum absolute atomic E-state index is 0.101. The van der Waals surface area contributed by atoms with E-state index in [1.54, 1.807) is 6.33 Å². The van der Waals surface area contributed by atoms with Crippen LogP contribution in [0.2, 0.25) is 0 Å². The number of imidazole rings is 1. The summed E-state index contributed by atoms with van der Waals surface area (Å²) < 4.78 is 2.10. The van der Waals surface area contributed by atoms with Gasteiger partial charge in [-0.15, -0.1) is 0 Å². The summed E-state index contributed by atoms with van der Waals surface area (Å²) in [4.78, 5) is 26.7. The van der Waals surface area contributed by atoms with Gasteiger partial charge in [0.05, 0.1) is 17.4 Å². The van der Waals surface area contributed by atoms with Crippen LogP contribution in [0.4, 0.5) is 0 Å². The lowest BCUT2D eigenvalue weighted by Crippen LogP contribution is -2.37. The molecule has 0 spiro atoms. The number of benzene rings is 1. The molecule has 0 unspecified atom stereocenters. The van der Waals surface area contributed by atoms with Crippen LogP contribution in [0.15, 0.2) is 49.1 Å². The Morgan fingerprint density at radius 2 is 2.04 bits per heavy atom. The molecule has 1 aliphatic heterocycles. The maximum absolute atomic E-state index is 12.9. The van der Waals surface area contributed by atoms with Crippen LogP contribution in [0.1, 0.15) is 34.7 Å². The number of nitrogens with one attached hydrogen (secondary N) is 1. The normalized spacial score (nSPS) is 15.7. The number of piperidine rings is 1. The van der Waals surface area contributed by atoms with Gasteiger partial charge in [-0.05, 0) is 54.7 Å². The fourth-order valence-electron chi connectivity index (χ4n) is 4.21. The Hall–Kier alpha value is -3.15. The van der Waals surface area contributed by atoms with Crippen molar-refractivity contribution in [3.8, 4) is 0 Å². The van der Waals surface area contributed by atoms with Gasteiger partial charge < -0.3 is 14.5 Å². The Morgan fingerprint density at radius 3 is 2.89 bits per heavy atom. The minimum Gasteiger partial charge on any atom is -0.345 e. The van der Waals surface area contributed by atoms with Crippen molar-refractivity contribution >= 4 is 28.0 Å². The number of nitrogens with zero attached hydrogens (tertiary/aromatic N) is 4. The summed E-state index contributed by atoms with van der Waals surface area (Å²) >= 11 is 0. The van der Waals surface area contributed by atoms with E-state index in [0.717, 1.165) is 48.2 Å². The lowest BCUT2D eigenvalue weighted by molar-refractivity contribution is 0.0713. The molecule has 27 heavy (non-hydrogen) atoms. The molecule has 5 rings (SSSR count). The van der Waals surface area contributed by atoms with Gasteiger partial charge in [-0.25, -0.2) is 9.97 Å². The fourth-order valence-corrected chi connectivity index (χ4v) is 4.21. The zero-order valence-corrected chi connectivity index (χ0v) is 15.2. The Bertz CT molecular complexity index is 1130. The maximum atomic E-state index is 12.9. The standard InChI is InChI=1S/C21H21N5O/c1-25-12-17(16-3-2-8-22-20(16)25)14-6-9-26(10-7-14)21(27)15-4-5-18-19(11-15)24-13-23-18/h2-5,8,11-14H,6-7,9-10H2,1H3,(H,23,24). The molecule has 1 N–H and O–H groups in total. The molecule has 136 valence electrons. The van der Waals surface area contributed by atoms with Gasteiger partial charge in [-0.1, -0.05) is 0 Å². The first-order valence-electron chi connectivity index (χ1n) is 9.33. The summed E-state index contributed by atoms with van der Waals surface area (Å²) in [5, 5.41) is 1.23. The summed E-state index contributed by atoms with van der Waals surface area (Å²) in [5.74, 6) is 0.571. The van der Waals surface area contributed by atoms with Crippen LogP contribution >= 0.6 is 0 Å². The van der Waals surface area contributed by atoms with Gasteiger partial charge in [-0.3, -0.25) is 4.79 Å². The van der Waals surface area contributed by atoms with Crippen molar-refractivity contribution in [3.05, 3.63) is 60.2 Å². The van der Waals surface area contributed by atoms with Gasteiger partial charge in [0.25, 0.3) is 5.91 Å². The molecule has 0 atom stereocenters. The zero-order chi connectivity index (χ0) is 18.4. The second-order valence-electron chi connectivity index (χ2n) is 7.27. The van der Waals surface area contributed by atoms with Crippen LogP contribution < -0.4 is 0 Å². The van der Waals surface area contributed by atoms with Crippen molar-refractivity contribution in [1.29, 1.82) is 0 Å². The van der Waals surface area contributed by atoms with Crippen LogP contribution in [0.25, 0.3) is 22.1 Å². The number of carbonyl (C=O) groups excluding carboxylic acids is 1. The molecule has 4 heterocycles. The summed E-state index contributed by atoms with van der Waals surface area (Å²) in [6.45, 7) is 1.56. The number of carbonyl (C=O) groups is 1. The summed E-state index contributed by atoms with van der Waals surface area (Å²) in [6, 6.07) is 9.81. The van der Waals surface area contributed by atoms with Gasteiger partial charge in [0.15, 0.2) is 0 Å². The highest BCUT2D eigenvalue weighted by molar-refractivity contribution is 5.97. The van der Waals surface area contributed by atoms with E-state index in [1.807, 2.05) is 42.4 Å². The molecule has 6 nitrogen and oxygen atoms in total. The van der Waals surface area contributed by atoms with Crippen LogP contribution in [-0.2, 0) is 7.05 Å². The summed E-state index contributed by atoms with van der Waals surface area (Å²) in [7, 11) is 2.04. The number of hydrogen-bond donors (Lipinski definition) is 1. The van der Waals surface area contributed by atoms with Crippen LogP contribution in [0.5, 0.6) is 0 Å². The van der Waals surface area contributed by atoms with E-state index in [2.05, 4.69) is 31.8 Å². The smallest absolute Gasteiger partial charge is 0.253 e. The average Bonchev–Trinajstić information content (AvgIpc) is 3.32. The third-order valence-electron chi connectivity index (χ3n) is 5.65. The topological polar surface area (TPSA) is 66.8 Å². The fraction of sp³-hybridized carbons (Fsp3) is 0.286. The van der Waals surface area contributed by atoms with Crippen molar-refractivity contribution in [2.45, 2.75) is 18.8 Å². The molecule has 3 aromatic heterocycles. The van der Waals surface area contributed by atoms with Gasteiger partial charge >= 0.3 is 0 Å². The summed E-state index contributed by atoms with van der Waals surface area (Å²) in [5.41, 5.74) is 4.89. The Balaban J connectivity index is 1.34. The second kappa shape index (κ2) is 6.23. The van der Waals surface area contributed by atoms with E-state index in [9.17, 15) is 4.79 Å². The number of amides is 1. The van der Waals surface area contributed by atoms with E-state index < -0.39 is 0 Å². The highest BCUT2D eigenvalue weighted by Gasteiger charge is 2.26. The highest BCUT2D eigenvalue weighted by Crippen LogP contribution is 2.33. The average molecular weight is 359 g/mol. The quantitative estimate of drug-likeness (QED) is 0.596. The predicted molar refractivity (Wildman–Crippen MR) is 105 cm³/mol. The van der Waals surface area contributed by atoms with Crippen molar-refractivity contribution in [1.82, 2.24) is 24.4 Å². The van der Waals surface area contributed by atoms with Gasteiger partial charge in [0, 0.05) is 43.5 Å². The molecule has 1 amide bonds. The number of aryl methyl sites for hydroxylation is 1. The van der Waals surface area contributed by atoms with Gasteiger partial charge in [-0.2, -0.15) is 0 Å². The first-order valence-corrected chi connectivity index (χ1v) is 9.33. The van der Waals surface area contributed by atoms with Crippen molar-refractivity contribution in [2.24, 2.45) is 7.05 Å². The van der Waals surface area contributed by atoms with E-state index in [0.29, 0.717) is 5.92 Å². The number of aromatic amines is 1. The molecule has 1 aromatic carbocycles. The maximum Gasteiger partial charge on any atom is 0.253 e. The number of likely N-dealkylation sites (tertiary alicyclic amines) is 1. The van der Waals surface area contributed by atoms with E-state index in [4.69, 9.17) is 0 Å². The zero-order valence-electron chi connectivity index (χ0n) is 15.2. The van der Waals surface area contributed by atoms with Gasteiger partial charge in [0.1, 0.15) is 5.65 Å². The van der Waals surface area contributed by atoms with Crippen molar-refractivity contribution in [3.63, 3.8) is 0 Å². The molecule has 1 aliphatic rings. The minimum atomic E-state index is 0.101. The van der Waals surface area contributed by atoms with E-state index in [1.165, 1.54) is 10.9 Å². The largest absolute Gasteiger partial charge is 0.345 e. The molecule has 0 radical (unpaired) electrons. The Labute approximate surface area is 156 Å². The molecule has 0 aliphatic carbocycles. The third kappa shape index (κ3) is 2.68. The lowest BCUT2D eigenvalue weighted by atomic mass is 9.89. The van der Waals surface area contributed by atoms with Crippen LogP contribution in [0.3, 0.4) is 0 Å². The number of aromatic nitrogens is 4. The molecule has 0 bridgehead atoms. The lowest BCUT2D eigenvalue weighted by Gasteiger charge is -2.32. The molecule has 4 aromatic rings. The first kappa shape index (κ1) is 16.1. The second-order valence-corrected chi connectivity index (χ2v) is 7.27. The predicted octanol–water partition coefficient (Wildman–Crippen LogP) is 3.47. The summed E-state index contributed by atoms with van der Waals surface area (Å²) in [6.07, 6.45) is 7.65. The number of pyridine rings is 1. The molecule has 0 saturated carbocycles. The number of H-pyrrole nitrogens is 1. The van der Waals surface area contributed by atoms with E-state index in [-0.39, 0.29) is 5.91 Å². The van der Waals surface area contributed by atoms with Gasteiger partial charge in [0.2, 0.25) is 0 Å². The van der Waals surface area contributed by atoms with Crippen molar-refractivity contribution in [2.75, 3.05) is 13.1 Å². The van der Waals surface area contributed by atoms with E-state index >= 15 is 0 Å². The SMILES string of the molecule is Cn1cc(C2CCN(C(=O)c3ccc4nc[nH]c4c3)CC2)c2cccnc21. The number of fused-ring (bicyclic) bond motifs is 2. The molecular formula is C21H21N5O. The monoisotopic (exact) mass is 359 g/mol. The third-order valence-corrected chi connectivity index (χ3v) is 5.65. The first-order chi connectivity index (χ1) is 13.2. The Morgan fingerprint density at radius 1 is 1.19 bits per heavy atom. The molecule has 1 saturated heterocycles. The highest BCUT2D eigenvalue weighted by atomic mass is 16.2. The van der Waals surface area contributed by atoms with Crippen LogP contribution in [0, 0.1) is 0 Å². The molecular weight excluding hydrogens is 338 g/mol. The molecule has 1 fully saturated rings. The molecule has 6 heteroatoms. The van der Waals surface area contributed by atoms with Crippen LogP contribution in [-0.4, -0.2) is 43.4 Å². The number of hydrogen-bond acceptors (Lipinski definition) is 3. The Kier molecular flexibility index (Phi) is 3.70. The van der Waals surface area contributed by atoms with Crippen molar-refractivity contribution < 1.29 is 4.79 Å². The number of rotatable bonds is 2.